The largest absolute Gasteiger partial charge is 0.480 e. The molecule has 114 valence electrons. The summed E-state index contributed by atoms with van der Waals surface area (Å²) in [5.74, 6) is -0.518. The van der Waals surface area contributed by atoms with E-state index in [1.54, 1.807) is 4.90 Å². The maximum atomic E-state index is 12.9. The molecule has 1 amide bonds. The first-order valence-corrected chi connectivity index (χ1v) is 8.03. The quantitative estimate of drug-likeness (QED) is 0.767. The third-order valence-electron chi connectivity index (χ3n) is 4.17. The molecule has 0 aromatic carbocycles. The van der Waals surface area contributed by atoms with E-state index in [2.05, 4.69) is 10.2 Å². The molecule has 20 heavy (non-hydrogen) atoms. The third kappa shape index (κ3) is 2.80. The van der Waals surface area contributed by atoms with Gasteiger partial charge in [0.1, 0.15) is 6.04 Å². The van der Waals surface area contributed by atoms with Gasteiger partial charge in [0.05, 0.1) is 10.9 Å². The van der Waals surface area contributed by atoms with E-state index < -0.39 is 17.6 Å². The molecule has 0 aliphatic carbocycles. The third-order valence-corrected chi connectivity index (χ3v) is 5.39. The van der Waals surface area contributed by atoms with Gasteiger partial charge in [-0.2, -0.15) is 0 Å². The van der Waals surface area contributed by atoms with Gasteiger partial charge in [0, 0.05) is 31.9 Å². The Bertz CT molecular complexity index is 396. The highest BCUT2D eigenvalue weighted by molar-refractivity contribution is 8.00. The van der Waals surface area contributed by atoms with Crippen molar-refractivity contribution in [2.75, 3.05) is 31.9 Å². The normalized spacial score (nSPS) is 28.6. The van der Waals surface area contributed by atoms with E-state index >= 15 is 0 Å². The molecule has 2 rings (SSSR count). The van der Waals surface area contributed by atoms with E-state index in [0.717, 1.165) is 26.2 Å². The number of nitrogens with zero attached hydrogens (tertiary/aromatic N) is 2. The number of carboxylic acid groups (broad SMARTS) is 1. The van der Waals surface area contributed by atoms with E-state index in [1.807, 2.05) is 20.8 Å². The second-order valence-electron chi connectivity index (χ2n) is 5.80. The molecule has 0 saturated carbocycles. The zero-order valence-corrected chi connectivity index (χ0v) is 13.1. The van der Waals surface area contributed by atoms with Gasteiger partial charge in [-0.1, -0.05) is 0 Å². The summed E-state index contributed by atoms with van der Waals surface area (Å²) in [7, 11) is 0. The molecular formula is C13H23N3O3S. The van der Waals surface area contributed by atoms with Gasteiger partial charge in [0.25, 0.3) is 0 Å². The topological polar surface area (TPSA) is 72.9 Å². The Kier molecular flexibility index (Phi) is 4.61. The summed E-state index contributed by atoms with van der Waals surface area (Å²) in [6.45, 7) is 9.05. The van der Waals surface area contributed by atoms with Gasteiger partial charge in [-0.05, 0) is 20.8 Å². The van der Waals surface area contributed by atoms with Gasteiger partial charge in [-0.15, -0.1) is 11.8 Å². The van der Waals surface area contributed by atoms with Crippen LogP contribution in [-0.2, 0) is 9.59 Å². The molecule has 2 atom stereocenters. The molecule has 0 radical (unpaired) electrons. The van der Waals surface area contributed by atoms with Crippen LogP contribution in [0.25, 0.3) is 0 Å². The number of carboxylic acids is 1. The first-order valence-electron chi connectivity index (χ1n) is 6.98. The van der Waals surface area contributed by atoms with Crippen molar-refractivity contribution in [2.45, 2.75) is 37.7 Å². The number of rotatable bonds is 3. The van der Waals surface area contributed by atoms with Gasteiger partial charge in [0.15, 0.2) is 0 Å². The fourth-order valence-electron chi connectivity index (χ4n) is 2.82. The Morgan fingerprint density at radius 3 is 2.45 bits per heavy atom. The Balaban J connectivity index is 2.17. The summed E-state index contributed by atoms with van der Waals surface area (Å²) in [6, 6.07) is -0.704. The Morgan fingerprint density at radius 1 is 1.30 bits per heavy atom. The average molecular weight is 301 g/mol. The van der Waals surface area contributed by atoms with Crippen molar-refractivity contribution in [3.63, 3.8) is 0 Å². The summed E-state index contributed by atoms with van der Waals surface area (Å²) in [5.41, 5.74) is -0.658. The summed E-state index contributed by atoms with van der Waals surface area (Å²) in [5, 5.41) is 12.5. The number of aliphatic carboxylic acids is 1. The maximum absolute atomic E-state index is 12.9. The molecule has 0 aromatic heterocycles. The number of amides is 1. The Hall–Kier alpha value is -0.790. The van der Waals surface area contributed by atoms with Crippen molar-refractivity contribution in [3.05, 3.63) is 0 Å². The van der Waals surface area contributed by atoms with Crippen molar-refractivity contribution in [2.24, 2.45) is 0 Å². The molecule has 2 aliphatic heterocycles. The van der Waals surface area contributed by atoms with Crippen LogP contribution in [0.1, 0.15) is 20.8 Å². The predicted octanol–water partition coefficient (Wildman–Crippen LogP) is 0.0448. The van der Waals surface area contributed by atoms with Crippen molar-refractivity contribution in [1.29, 1.82) is 0 Å². The average Bonchev–Trinajstić information content (AvgIpc) is 2.80. The first-order chi connectivity index (χ1) is 9.35. The molecular weight excluding hydrogens is 278 g/mol. The molecule has 2 fully saturated rings. The van der Waals surface area contributed by atoms with Crippen LogP contribution >= 0.6 is 11.8 Å². The molecule has 2 aliphatic rings. The lowest BCUT2D eigenvalue weighted by Gasteiger charge is -2.43. The fraction of sp³-hybridized carbons (Fsp3) is 0.846. The minimum absolute atomic E-state index is 0.0780. The van der Waals surface area contributed by atoms with Crippen LogP contribution in [0.15, 0.2) is 0 Å². The van der Waals surface area contributed by atoms with Crippen LogP contribution in [0, 0.1) is 0 Å². The van der Waals surface area contributed by atoms with Crippen LogP contribution in [-0.4, -0.2) is 75.7 Å². The van der Waals surface area contributed by atoms with Crippen LogP contribution in [0.3, 0.4) is 0 Å². The molecule has 0 bridgehead atoms. The fourth-order valence-corrected chi connectivity index (χ4v) is 3.98. The highest BCUT2D eigenvalue weighted by Crippen LogP contribution is 2.32. The van der Waals surface area contributed by atoms with Gasteiger partial charge in [-0.3, -0.25) is 9.69 Å². The van der Waals surface area contributed by atoms with Gasteiger partial charge in [0.2, 0.25) is 5.91 Å². The molecule has 0 aromatic rings. The smallest absolute Gasteiger partial charge is 0.327 e. The predicted molar refractivity (Wildman–Crippen MR) is 78.7 cm³/mol. The monoisotopic (exact) mass is 301 g/mol. The second-order valence-corrected chi connectivity index (χ2v) is 7.14. The van der Waals surface area contributed by atoms with Gasteiger partial charge >= 0.3 is 5.97 Å². The lowest BCUT2D eigenvalue weighted by Crippen LogP contribution is -2.62. The van der Waals surface area contributed by atoms with E-state index in [9.17, 15) is 14.7 Å². The van der Waals surface area contributed by atoms with E-state index in [-0.39, 0.29) is 11.3 Å². The minimum atomic E-state index is -0.911. The molecule has 2 saturated heterocycles. The lowest BCUT2D eigenvalue weighted by molar-refractivity contribution is -0.154. The number of hydrogen-bond acceptors (Lipinski definition) is 5. The van der Waals surface area contributed by atoms with Crippen LogP contribution in [0.5, 0.6) is 0 Å². The zero-order chi connectivity index (χ0) is 14.9. The molecule has 2 unspecified atom stereocenters. The number of carbonyl (C=O) groups is 2. The highest BCUT2D eigenvalue weighted by Gasteiger charge is 2.46. The minimum Gasteiger partial charge on any atom is -0.480 e. The molecule has 2 N–H and O–H groups in total. The van der Waals surface area contributed by atoms with E-state index in [0.29, 0.717) is 5.75 Å². The molecule has 0 spiro atoms. The number of hydrogen-bond donors (Lipinski definition) is 2. The molecule has 6 nitrogen and oxygen atoms in total. The lowest BCUT2D eigenvalue weighted by atomic mass is 9.98. The number of piperazine rings is 1. The Labute approximate surface area is 123 Å². The van der Waals surface area contributed by atoms with Gasteiger partial charge < -0.3 is 15.3 Å². The number of nitrogens with one attached hydrogen (secondary N) is 1. The SMILES string of the molecule is CC1SCC(C(=O)O)N1C(=O)C(C)(C)N1CCNCC1. The zero-order valence-electron chi connectivity index (χ0n) is 12.3. The van der Waals surface area contributed by atoms with Crippen molar-refractivity contribution < 1.29 is 14.7 Å². The van der Waals surface area contributed by atoms with E-state index in [1.165, 1.54) is 11.8 Å². The first kappa shape index (κ1) is 15.6. The van der Waals surface area contributed by atoms with E-state index in [4.69, 9.17) is 0 Å². The summed E-state index contributed by atoms with van der Waals surface area (Å²) >= 11 is 1.53. The standard InChI is InChI=1S/C13H23N3O3S/c1-9-16(10(8-20-9)11(17)18)12(19)13(2,3)15-6-4-14-5-7-15/h9-10,14H,4-8H2,1-3H3,(H,17,18). The van der Waals surface area contributed by atoms with Gasteiger partial charge in [-0.25, -0.2) is 4.79 Å². The summed E-state index contributed by atoms with van der Waals surface area (Å²) in [4.78, 5) is 27.9. The highest BCUT2D eigenvalue weighted by atomic mass is 32.2. The summed E-state index contributed by atoms with van der Waals surface area (Å²) < 4.78 is 0. The maximum Gasteiger partial charge on any atom is 0.327 e. The molecule has 2 heterocycles. The van der Waals surface area contributed by atoms with Crippen molar-refractivity contribution >= 4 is 23.6 Å². The molecule has 7 heteroatoms. The van der Waals surface area contributed by atoms with Crippen molar-refractivity contribution in [3.8, 4) is 0 Å². The second kappa shape index (κ2) is 5.91. The summed E-state index contributed by atoms with van der Waals surface area (Å²) in [6.07, 6.45) is 0. The van der Waals surface area contributed by atoms with Crippen LogP contribution < -0.4 is 5.32 Å². The number of carbonyl (C=O) groups excluding carboxylic acids is 1. The Morgan fingerprint density at radius 2 is 1.90 bits per heavy atom. The van der Waals surface area contributed by atoms with Crippen molar-refractivity contribution in [1.82, 2.24) is 15.1 Å². The number of thioether (sulfide) groups is 1. The van der Waals surface area contributed by atoms with Crippen LogP contribution in [0.4, 0.5) is 0 Å². The van der Waals surface area contributed by atoms with Crippen LogP contribution in [0.2, 0.25) is 0 Å².